The van der Waals surface area contributed by atoms with Crippen LogP contribution >= 0.6 is 11.6 Å². The number of amides is 3. The van der Waals surface area contributed by atoms with Crippen LogP contribution in [0, 0.1) is 11.8 Å². The zero-order valence-electron chi connectivity index (χ0n) is 28.0. The molecular formula is C38H46ClN3O7. The fourth-order valence-electron chi connectivity index (χ4n) is 7.71. The van der Waals surface area contributed by atoms with Crippen molar-refractivity contribution in [3.63, 3.8) is 0 Å². The monoisotopic (exact) mass is 691 g/mol. The number of benzene rings is 2. The number of carbonyl (C=O) groups is 4. The molecule has 7 atom stereocenters. The van der Waals surface area contributed by atoms with Gasteiger partial charge in [0.2, 0.25) is 11.8 Å². The molecule has 3 fully saturated rings. The van der Waals surface area contributed by atoms with Gasteiger partial charge in [0.1, 0.15) is 17.7 Å². The summed E-state index contributed by atoms with van der Waals surface area (Å²) < 4.78 is 12.9. The van der Waals surface area contributed by atoms with E-state index in [2.05, 4.69) is 18.5 Å². The zero-order valence-corrected chi connectivity index (χ0v) is 28.7. The number of fused-ring (bicyclic) bond motifs is 1. The van der Waals surface area contributed by atoms with Crippen molar-refractivity contribution in [2.75, 3.05) is 24.6 Å². The van der Waals surface area contributed by atoms with E-state index >= 15 is 0 Å². The minimum absolute atomic E-state index is 0.0247. The molecule has 49 heavy (non-hydrogen) atoms. The Morgan fingerprint density at radius 1 is 1.12 bits per heavy atom. The third-order valence-corrected chi connectivity index (χ3v) is 10.2. The number of aliphatic hydroxyl groups is 1. The van der Waals surface area contributed by atoms with Crippen LogP contribution in [-0.4, -0.2) is 77.2 Å². The highest BCUT2D eigenvalue weighted by molar-refractivity contribution is 6.34. The van der Waals surface area contributed by atoms with Gasteiger partial charge in [-0.15, -0.1) is 13.2 Å². The van der Waals surface area contributed by atoms with Gasteiger partial charge >= 0.3 is 5.97 Å². The molecule has 0 aromatic heterocycles. The van der Waals surface area contributed by atoms with E-state index in [1.807, 2.05) is 30.3 Å². The minimum atomic E-state index is -1.24. The maximum atomic E-state index is 14.7. The van der Waals surface area contributed by atoms with Gasteiger partial charge in [-0.1, -0.05) is 66.2 Å². The number of unbranched alkanes of at least 4 members (excludes halogenated alkanes) is 2. The van der Waals surface area contributed by atoms with Gasteiger partial charge in [-0.25, -0.2) is 0 Å². The molecular weight excluding hydrogens is 646 g/mol. The molecule has 3 saturated heterocycles. The third-order valence-electron chi connectivity index (χ3n) is 9.87. The molecule has 2 bridgehead atoms. The highest BCUT2D eigenvalue weighted by Crippen LogP contribution is 2.59. The molecule has 2 aromatic rings. The molecule has 0 aliphatic carbocycles. The normalized spacial score (nSPS) is 25.0. The number of ether oxygens (including phenoxy) is 2. The number of anilines is 1. The maximum absolute atomic E-state index is 14.7. The Balaban J connectivity index is 1.47. The number of nitrogens with one attached hydrogen (secondary N) is 1. The first-order valence-corrected chi connectivity index (χ1v) is 17.5. The number of likely N-dealkylation sites (tertiary alicyclic amines) is 1. The Morgan fingerprint density at radius 2 is 1.86 bits per heavy atom. The molecule has 0 unspecified atom stereocenters. The average Bonchev–Trinajstić information content (AvgIpc) is 3.74. The molecule has 262 valence electrons. The number of allylic oxidation sites excluding steroid dienone is 1. The first kappa shape index (κ1) is 36.3. The standard InChI is InChI=1S/C38H46ClN3O7/c1-4-6-19-30(44)40-25(3)33(26-15-9-7-10-16-26)48-37(47)31-29-20-21-38(49-29)32(31)35(45)42(23-13-8-14-24-43)34(38)36(46)41(22-5-2)28-18-12-11-17-27(28)39/h4-5,7,9-12,15-18,25,29,31-34,43H,1-2,6,8,13-14,19-24H2,3H3,(H,40,44)/t25-,29-,31+,32+,33-,34-,38+/m1/s1. The number of para-hydroxylation sites is 1. The summed E-state index contributed by atoms with van der Waals surface area (Å²) in [5.41, 5.74) is -0.0605. The predicted octanol–water partition coefficient (Wildman–Crippen LogP) is 5.15. The summed E-state index contributed by atoms with van der Waals surface area (Å²) in [4.78, 5) is 59.2. The van der Waals surface area contributed by atoms with Gasteiger partial charge in [0, 0.05) is 26.1 Å². The number of halogens is 1. The van der Waals surface area contributed by atoms with Gasteiger partial charge in [-0.05, 0) is 63.1 Å². The van der Waals surface area contributed by atoms with Crippen LogP contribution in [0.2, 0.25) is 5.02 Å². The van der Waals surface area contributed by atoms with E-state index in [1.165, 1.54) is 4.90 Å². The van der Waals surface area contributed by atoms with E-state index in [0.717, 1.165) is 0 Å². The van der Waals surface area contributed by atoms with Crippen LogP contribution in [-0.2, 0) is 28.7 Å². The topological polar surface area (TPSA) is 125 Å². The van der Waals surface area contributed by atoms with Crippen molar-refractivity contribution >= 4 is 41.0 Å². The Bertz CT molecular complexity index is 1540. The van der Waals surface area contributed by atoms with Crippen molar-refractivity contribution in [1.29, 1.82) is 0 Å². The van der Waals surface area contributed by atoms with Crippen molar-refractivity contribution in [3.8, 4) is 0 Å². The number of rotatable bonds is 17. The average molecular weight is 692 g/mol. The fourth-order valence-corrected chi connectivity index (χ4v) is 7.94. The van der Waals surface area contributed by atoms with Crippen molar-refractivity contribution in [3.05, 3.63) is 90.5 Å². The van der Waals surface area contributed by atoms with Crippen LogP contribution in [0.15, 0.2) is 79.9 Å². The quantitative estimate of drug-likeness (QED) is 0.134. The lowest BCUT2D eigenvalue weighted by molar-refractivity contribution is -0.162. The smallest absolute Gasteiger partial charge is 0.313 e. The molecule has 3 amide bonds. The Labute approximate surface area is 293 Å². The second kappa shape index (κ2) is 16.1. The first-order valence-electron chi connectivity index (χ1n) is 17.1. The molecule has 2 aromatic carbocycles. The Kier molecular flexibility index (Phi) is 12.0. The Hall–Kier alpha value is -3.99. The van der Waals surface area contributed by atoms with Crippen LogP contribution in [0.4, 0.5) is 5.69 Å². The fraction of sp³-hybridized carbons (Fsp3) is 0.474. The number of nitrogens with zero attached hydrogens (tertiary/aromatic N) is 2. The van der Waals surface area contributed by atoms with Gasteiger partial charge in [-0.2, -0.15) is 0 Å². The van der Waals surface area contributed by atoms with Crippen LogP contribution in [0.25, 0.3) is 0 Å². The van der Waals surface area contributed by atoms with Crippen molar-refractivity contribution in [2.24, 2.45) is 11.8 Å². The van der Waals surface area contributed by atoms with E-state index in [0.29, 0.717) is 54.8 Å². The van der Waals surface area contributed by atoms with Crippen molar-refractivity contribution in [2.45, 2.75) is 81.8 Å². The molecule has 3 heterocycles. The number of carbonyl (C=O) groups excluding carboxylic acids is 4. The summed E-state index contributed by atoms with van der Waals surface area (Å²) in [6.07, 6.45) is 5.27. The molecule has 10 nitrogen and oxygen atoms in total. The predicted molar refractivity (Wildman–Crippen MR) is 187 cm³/mol. The molecule has 3 aliphatic heterocycles. The highest BCUT2D eigenvalue weighted by atomic mass is 35.5. The van der Waals surface area contributed by atoms with E-state index in [9.17, 15) is 24.3 Å². The van der Waals surface area contributed by atoms with Gasteiger partial charge in [0.15, 0.2) is 0 Å². The van der Waals surface area contributed by atoms with Gasteiger partial charge in [0.25, 0.3) is 5.91 Å². The van der Waals surface area contributed by atoms with Crippen LogP contribution < -0.4 is 10.2 Å². The molecule has 1 spiro atoms. The summed E-state index contributed by atoms with van der Waals surface area (Å²) in [6.45, 7) is 9.74. The van der Waals surface area contributed by atoms with Crippen LogP contribution in [0.3, 0.4) is 0 Å². The largest absolute Gasteiger partial charge is 0.455 e. The molecule has 5 rings (SSSR count). The molecule has 0 radical (unpaired) electrons. The minimum Gasteiger partial charge on any atom is -0.455 e. The van der Waals surface area contributed by atoms with E-state index in [-0.39, 0.29) is 43.8 Å². The van der Waals surface area contributed by atoms with Gasteiger partial charge < -0.3 is 29.7 Å². The lowest BCUT2D eigenvalue weighted by atomic mass is 9.70. The number of aliphatic hydroxyl groups excluding tert-OH is 1. The summed E-state index contributed by atoms with van der Waals surface area (Å²) in [6, 6.07) is 14.6. The summed E-state index contributed by atoms with van der Waals surface area (Å²) in [7, 11) is 0. The second-order valence-electron chi connectivity index (χ2n) is 13.0. The number of hydrogen-bond donors (Lipinski definition) is 2. The third kappa shape index (κ3) is 7.32. The lowest BCUT2D eigenvalue weighted by Crippen LogP contribution is -2.56. The zero-order chi connectivity index (χ0) is 35.1. The van der Waals surface area contributed by atoms with Crippen molar-refractivity contribution in [1.82, 2.24) is 10.2 Å². The highest BCUT2D eigenvalue weighted by Gasteiger charge is 2.75. The molecule has 2 N–H and O–H groups in total. The summed E-state index contributed by atoms with van der Waals surface area (Å²) >= 11 is 6.57. The van der Waals surface area contributed by atoms with Crippen LogP contribution in [0.5, 0.6) is 0 Å². The number of esters is 1. The van der Waals surface area contributed by atoms with Gasteiger partial charge in [-0.3, -0.25) is 19.2 Å². The second-order valence-corrected chi connectivity index (χ2v) is 13.4. The summed E-state index contributed by atoms with van der Waals surface area (Å²) in [5.74, 6) is -3.37. The Morgan fingerprint density at radius 3 is 2.55 bits per heavy atom. The molecule has 11 heteroatoms. The van der Waals surface area contributed by atoms with Gasteiger partial charge in [0.05, 0.1) is 34.7 Å². The van der Waals surface area contributed by atoms with E-state index in [4.69, 9.17) is 21.1 Å². The number of hydrogen-bond acceptors (Lipinski definition) is 7. The SMILES string of the molecule is C=CCCC(=O)N[C@H](C)[C@@H](OC(=O)[C@@H]1[C@H]2C(=O)N(CCCCCO)[C@H](C(=O)N(CC=C)c3ccccc3Cl)[C@]23CC[C@H]1O3)c1ccccc1. The summed E-state index contributed by atoms with van der Waals surface area (Å²) in [5, 5.41) is 12.7. The molecule has 0 saturated carbocycles. The van der Waals surface area contributed by atoms with E-state index < -0.39 is 47.7 Å². The van der Waals surface area contributed by atoms with E-state index in [1.54, 1.807) is 48.2 Å². The van der Waals surface area contributed by atoms with Crippen LogP contribution in [0.1, 0.15) is 63.5 Å². The first-order chi connectivity index (χ1) is 23.7. The van der Waals surface area contributed by atoms with Crippen molar-refractivity contribution < 1.29 is 33.8 Å². The lowest BCUT2D eigenvalue weighted by Gasteiger charge is -2.37. The molecule has 3 aliphatic rings. The maximum Gasteiger partial charge on any atom is 0.313 e.